The monoisotopic (exact) mass is 234 g/mol. The first-order chi connectivity index (χ1) is 8.13. The van der Waals surface area contributed by atoms with E-state index in [0.717, 1.165) is 25.1 Å². The Morgan fingerprint density at radius 3 is 2.53 bits per heavy atom. The Bertz CT molecular complexity index is 346. The molecule has 17 heavy (non-hydrogen) atoms. The number of aryl methyl sites for hydroxylation is 1. The molecule has 1 aromatic carbocycles. The second kappa shape index (κ2) is 7.07. The second-order valence-electron chi connectivity index (χ2n) is 4.43. The Morgan fingerprint density at radius 1 is 1.29 bits per heavy atom. The highest BCUT2D eigenvalue weighted by Crippen LogP contribution is 2.05. The first-order valence-corrected chi connectivity index (χ1v) is 6.07. The van der Waals surface area contributed by atoms with Crippen LogP contribution in [0.5, 0.6) is 0 Å². The molecule has 0 spiro atoms. The Morgan fingerprint density at radius 2 is 1.94 bits per heavy atom. The summed E-state index contributed by atoms with van der Waals surface area (Å²) >= 11 is 0. The molecule has 0 fully saturated rings. The largest absolute Gasteiger partial charge is 0.345 e. The van der Waals surface area contributed by atoms with Crippen LogP contribution in [0.1, 0.15) is 17.5 Å². The number of carbonyl (C=O) groups excluding carboxylic acids is 1. The summed E-state index contributed by atoms with van der Waals surface area (Å²) in [7, 11) is 3.79. The molecule has 0 aromatic heterocycles. The quantitative estimate of drug-likeness (QED) is 0.758. The van der Waals surface area contributed by atoms with Crippen LogP contribution in [0.4, 0.5) is 0 Å². The number of hydrogen-bond donors (Lipinski definition) is 1. The van der Waals surface area contributed by atoms with Crippen LogP contribution in [0.15, 0.2) is 24.3 Å². The van der Waals surface area contributed by atoms with Crippen molar-refractivity contribution in [2.24, 2.45) is 0 Å². The standard InChI is InChI=1S/C14H22N2O/c1-12-5-7-13(8-6-12)11-14(17)16(3)10-4-9-15-2/h5-8,15H,4,9-11H2,1-3H3. The Hall–Kier alpha value is -1.35. The zero-order valence-corrected chi connectivity index (χ0v) is 11.0. The lowest BCUT2D eigenvalue weighted by Gasteiger charge is -2.17. The number of hydrogen-bond acceptors (Lipinski definition) is 2. The van der Waals surface area contributed by atoms with Gasteiger partial charge in [-0.1, -0.05) is 29.8 Å². The third-order valence-electron chi connectivity index (χ3n) is 2.82. The van der Waals surface area contributed by atoms with E-state index in [9.17, 15) is 4.79 Å². The molecule has 1 rings (SSSR count). The first-order valence-electron chi connectivity index (χ1n) is 6.07. The van der Waals surface area contributed by atoms with E-state index in [2.05, 4.69) is 12.2 Å². The summed E-state index contributed by atoms with van der Waals surface area (Å²) < 4.78 is 0. The molecule has 0 bridgehead atoms. The Labute approximate surface area is 104 Å². The van der Waals surface area contributed by atoms with E-state index in [1.54, 1.807) is 4.90 Å². The van der Waals surface area contributed by atoms with Crippen molar-refractivity contribution >= 4 is 5.91 Å². The fourth-order valence-electron chi connectivity index (χ4n) is 1.63. The van der Waals surface area contributed by atoms with Crippen LogP contribution >= 0.6 is 0 Å². The molecule has 0 saturated carbocycles. The first kappa shape index (κ1) is 13.7. The molecule has 0 aliphatic carbocycles. The topological polar surface area (TPSA) is 32.3 Å². The van der Waals surface area contributed by atoms with Crippen molar-refractivity contribution in [1.82, 2.24) is 10.2 Å². The SMILES string of the molecule is CNCCCN(C)C(=O)Cc1ccc(C)cc1. The minimum absolute atomic E-state index is 0.185. The number of nitrogens with zero attached hydrogens (tertiary/aromatic N) is 1. The predicted octanol–water partition coefficient (Wildman–Crippen LogP) is 1.61. The van der Waals surface area contributed by atoms with Crippen molar-refractivity contribution < 1.29 is 4.79 Å². The van der Waals surface area contributed by atoms with Crippen molar-refractivity contribution in [2.45, 2.75) is 19.8 Å². The second-order valence-corrected chi connectivity index (χ2v) is 4.43. The molecule has 0 saturated heterocycles. The van der Waals surface area contributed by atoms with E-state index in [-0.39, 0.29) is 5.91 Å². The molecule has 1 N–H and O–H groups in total. The van der Waals surface area contributed by atoms with Crippen LogP contribution in [0, 0.1) is 6.92 Å². The summed E-state index contributed by atoms with van der Waals surface area (Å²) in [6.07, 6.45) is 1.49. The van der Waals surface area contributed by atoms with E-state index >= 15 is 0 Å². The van der Waals surface area contributed by atoms with Gasteiger partial charge in [0.15, 0.2) is 0 Å². The molecule has 1 aromatic rings. The van der Waals surface area contributed by atoms with Gasteiger partial charge in [0.1, 0.15) is 0 Å². The summed E-state index contributed by atoms with van der Waals surface area (Å²) in [6.45, 7) is 3.81. The van der Waals surface area contributed by atoms with Gasteiger partial charge >= 0.3 is 0 Å². The highest BCUT2D eigenvalue weighted by Gasteiger charge is 2.08. The van der Waals surface area contributed by atoms with Crippen molar-refractivity contribution in [3.63, 3.8) is 0 Å². The third-order valence-corrected chi connectivity index (χ3v) is 2.82. The lowest BCUT2D eigenvalue weighted by molar-refractivity contribution is -0.129. The van der Waals surface area contributed by atoms with Crippen molar-refractivity contribution in [3.8, 4) is 0 Å². The third kappa shape index (κ3) is 5.00. The lowest BCUT2D eigenvalue weighted by Crippen LogP contribution is -2.30. The van der Waals surface area contributed by atoms with Crippen molar-refractivity contribution in [3.05, 3.63) is 35.4 Å². The van der Waals surface area contributed by atoms with Gasteiger partial charge < -0.3 is 10.2 Å². The molecule has 0 heterocycles. The number of rotatable bonds is 6. The van der Waals surface area contributed by atoms with Crippen molar-refractivity contribution in [1.29, 1.82) is 0 Å². The number of nitrogens with one attached hydrogen (secondary N) is 1. The van der Waals surface area contributed by atoms with Crippen LogP contribution in [0.2, 0.25) is 0 Å². The van der Waals surface area contributed by atoms with Gasteiger partial charge in [0.25, 0.3) is 0 Å². The maximum Gasteiger partial charge on any atom is 0.226 e. The summed E-state index contributed by atoms with van der Waals surface area (Å²) in [5, 5.41) is 3.08. The van der Waals surface area contributed by atoms with Crippen LogP contribution in [0.25, 0.3) is 0 Å². The predicted molar refractivity (Wildman–Crippen MR) is 71.1 cm³/mol. The Balaban J connectivity index is 2.40. The maximum absolute atomic E-state index is 11.9. The summed E-state index contributed by atoms with van der Waals surface area (Å²) in [6, 6.07) is 8.14. The normalized spacial score (nSPS) is 10.3. The fourth-order valence-corrected chi connectivity index (χ4v) is 1.63. The average molecular weight is 234 g/mol. The van der Waals surface area contributed by atoms with Gasteiger partial charge in [0, 0.05) is 13.6 Å². The minimum Gasteiger partial charge on any atom is -0.345 e. The molecule has 0 radical (unpaired) electrons. The van der Waals surface area contributed by atoms with E-state index in [1.807, 2.05) is 38.4 Å². The molecule has 0 atom stereocenters. The lowest BCUT2D eigenvalue weighted by atomic mass is 10.1. The Kier molecular flexibility index (Phi) is 5.70. The highest BCUT2D eigenvalue weighted by molar-refractivity contribution is 5.78. The van der Waals surface area contributed by atoms with Crippen LogP contribution in [-0.4, -0.2) is 38.0 Å². The highest BCUT2D eigenvalue weighted by atomic mass is 16.2. The number of likely N-dealkylation sites (N-methyl/N-ethyl adjacent to an activating group) is 1. The van der Waals surface area contributed by atoms with Gasteiger partial charge in [0.05, 0.1) is 6.42 Å². The average Bonchev–Trinajstić information content (AvgIpc) is 2.32. The molecule has 3 nitrogen and oxygen atoms in total. The van der Waals surface area contributed by atoms with Gasteiger partial charge in [0.2, 0.25) is 5.91 Å². The van der Waals surface area contributed by atoms with Crippen LogP contribution in [0.3, 0.4) is 0 Å². The molecular formula is C14H22N2O. The minimum atomic E-state index is 0.185. The molecule has 0 aliphatic rings. The van der Waals surface area contributed by atoms with Gasteiger partial charge in [-0.2, -0.15) is 0 Å². The van der Waals surface area contributed by atoms with E-state index < -0.39 is 0 Å². The number of carbonyl (C=O) groups is 1. The fraction of sp³-hybridized carbons (Fsp3) is 0.500. The van der Waals surface area contributed by atoms with Gasteiger partial charge in [-0.05, 0) is 32.5 Å². The molecule has 0 unspecified atom stereocenters. The zero-order valence-electron chi connectivity index (χ0n) is 11.0. The maximum atomic E-state index is 11.9. The van der Waals surface area contributed by atoms with Gasteiger partial charge in [-0.3, -0.25) is 4.79 Å². The van der Waals surface area contributed by atoms with E-state index in [4.69, 9.17) is 0 Å². The molecule has 3 heteroatoms. The van der Waals surface area contributed by atoms with E-state index in [1.165, 1.54) is 5.56 Å². The summed E-state index contributed by atoms with van der Waals surface area (Å²) in [5.74, 6) is 0.185. The zero-order chi connectivity index (χ0) is 12.7. The summed E-state index contributed by atoms with van der Waals surface area (Å²) in [5.41, 5.74) is 2.31. The van der Waals surface area contributed by atoms with Crippen molar-refractivity contribution in [2.75, 3.05) is 27.2 Å². The number of amides is 1. The number of benzene rings is 1. The van der Waals surface area contributed by atoms with Gasteiger partial charge in [-0.15, -0.1) is 0 Å². The molecule has 0 aliphatic heterocycles. The van der Waals surface area contributed by atoms with E-state index in [0.29, 0.717) is 6.42 Å². The van der Waals surface area contributed by atoms with Gasteiger partial charge in [-0.25, -0.2) is 0 Å². The molecular weight excluding hydrogens is 212 g/mol. The smallest absolute Gasteiger partial charge is 0.226 e. The molecule has 1 amide bonds. The van der Waals surface area contributed by atoms with Crippen LogP contribution < -0.4 is 5.32 Å². The van der Waals surface area contributed by atoms with Crippen LogP contribution in [-0.2, 0) is 11.2 Å². The summed E-state index contributed by atoms with van der Waals surface area (Å²) in [4.78, 5) is 13.7. The molecule has 94 valence electrons.